The molecule has 0 radical (unpaired) electrons. The minimum Gasteiger partial charge on any atom is -0.313 e. The Morgan fingerprint density at radius 2 is 1.93 bits per heavy atom. The Morgan fingerprint density at radius 1 is 1.21 bits per heavy atom. The molecule has 0 aromatic heterocycles. The van der Waals surface area contributed by atoms with Crippen LogP contribution >= 0.6 is 0 Å². The quantitative estimate of drug-likeness (QED) is 0.721. The summed E-state index contributed by atoms with van der Waals surface area (Å²) >= 11 is 0. The topological polar surface area (TPSA) is 29.1 Å². The highest BCUT2D eigenvalue weighted by molar-refractivity contribution is 7.85. The van der Waals surface area contributed by atoms with Crippen LogP contribution in [0.15, 0.2) is 0 Å². The third kappa shape index (κ3) is 2.37. The standard InChI is InChI=1S/C11H21NOS/c1-9-6-7-12-11(8-14(9)13)10-4-2-3-5-10/h9-12H,2-8H2,1H3. The fraction of sp³-hybridized carbons (Fsp3) is 1.00. The van der Waals surface area contributed by atoms with Gasteiger partial charge in [0, 0.05) is 27.8 Å². The summed E-state index contributed by atoms with van der Waals surface area (Å²) in [4.78, 5) is 0. The van der Waals surface area contributed by atoms with E-state index in [1.54, 1.807) is 0 Å². The third-order valence-electron chi connectivity index (χ3n) is 3.72. The minimum absolute atomic E-state index is 0.397. The molecule has 0 bridgehead atoms. The summed E-state index contributed by atoms with van der Waals surface area (Å²) in [5.41, 5.74) is 0. The fourth-order valence-electron chi connectivity index (χ4n) is 2.67. The lowest BCUT2D eigenvalue weighted by Gasteiger charge is -2.22. The summed E-state index contributed by atoms with van der Waals surface area (Å²) in [5.74, 6) is 1.70. The predicted molar refractivity (Wildman–Crippen MR) is 60.8 cm³/mol. The minimum atomic E-state index is -0.591. The maximum Gasteiger partial charge on any atom is 0.0394 e. The zero-order valence-electron chi connectivity index (χ0n) is 9.00. The maximum absolute atomic E-state index is 11.9. The van der Waals surface area contributed by atoms with Gasteiger partial charge in [-0.3, -0.25) is 4.21 Å². The number of hydrogen-bond acceptors (Lipinski definition) is 2. The largest absolute Gasteiger partial charge is 0.313 e. The summed E-state index contributed by atoms with van der Waals surface area (Å²) in [5, 5.41) is 3.99. The average Bonchev–Trinajstić information content (AvgIpc) is 2.63. The molecule has 3 unspecified atom stereocenters. The Morgan fingerprint density at radius 3 is 2.64 bits per heavy atom. The fourth-order valence-corrected chi connectivity index (χ4v) is 4.12. The number of nitrogens with one attached hydrogen (secondary N) is 1. The van der Waals surface area contributed by atoms with E-state index >= 15 is 0 Å². The van der Waals surface area contributed by atoms with Gasteiger partial charge in [-0.1, -0.05) is 19.8 Å². The molecule has 0 spiro atoms. The van der Waals surface area contributed by atoms with Crippen molar-refractivity contribution in [2.45, 2.75) is 50.3 Å². The molecule has 1 aliphatic carbocycles. The van der Waals surface area contributed by atoms with Crippen molar-refractivity contribution in [1.82, 2.24) is 5.32 Å². The van der Waals surface area contributed by atoms with E-state index in [1.165, 1.54) is 25.7 Å². The van der Waals surface area contributed by atoms with Crippen molar-refractivity contribution in [3.8, 4) is 0 Å². The van der Waals surface area contributed by atoms with Crippen molar-refractivity contribution in [1.29, 1.82) is 0 Å². The molecule has 0 amide bonds. The van der Waals surface area contributed by atoms with Gasteiger partial charge in [0.15, 0.2) is 0 Å². The molecular formula is C11H21NOS. The Balaban J connectivity index is 1.94. The molecule has 2 rings (SSSR count). The first-order valence-electron chi connectivity index (χ1n) is 5.88. The van der Waals surface area contributed by atoms with Crippen molar-refractivity contribution in [3.63, 3.8) is 0 Å². The van der Waals surface area contributed by atoms with Gasteiger partial charge in [0.05, 0.1) is 0 Å². The van der Waals surface area contributed by atoms with E-state index in [0.29, 0.717) is 11.3 Å². The van der Waals surface area contributed by atoms with Gasteiger partial charge >= 0.3 is 0 Å². The van der Waals surface area contributed by atoms with Gasteiger partial charge in [-0.05, 0) is 31.7 Å². The summed E-state index contributed by atoms with van der Waals surface area (Å²) in [6.07, 6.45) is 6.54. The molecule has 0 aromatic rings. The van der Waals surface area contributed by atoms with Gasteiger partial charge in [0.25, 0.3) is 0 Å². The van der Waals surface area contributed by atoms with Crippen molar-refractivity contribution in [3.05, 3.63) is 0 Å². The van der Waals surface area contributed by atoms with Crippen molar-refractivity contribution in [2.75, 3.05) is 12.3 Å². The molecule has 1 heterocycles. The van der Waals surface area contributed by atoms with E-state index in [-0.39, 0.29) is 0 Å². The molecule has 2 aliphatic rings. The Kier molecular flexibility index (Phi) is 3.61. The first-order valence-corrected chi connectivity index (χ1v) is 7.26. The van der Waals surface area contributed by atoms with E-state index in [0.717, 1.165) is 24.6 Å². The molecule has 3 heteroatoms. The van der Waals surface area contributed by atoms with Gasteiger partial charge in [-0.25, -0.2) is 0 Å². The third-order valence-corrected chi connectivity index (χ3v) is 5.54. The maximum atomic E-state index is 11.9. The molecule has 14 heavy (non-hydrogen) atoms. The molecule has 1 N–H and O–H groups in total. The molecule has 82 valence electrons. The molecule has 1 saturated heterocycles. The molecule has 3 atom stereocenters. The van der Waals surface area contributed by atoms with Gasteiger partial charge in [-0.15, -0.1) is 0 Å². The first-order chi connectivity index (χ1) is 6.77. The molecule has 1 saturated carbocycles. The van der Waals surface area contributed by atoms with Crippen LogP contribution in [0.2, 0.25) is 0 Å². The van der Waals surface area contributed by atoms with Crippen LogP contribution in [0.4, 0.5) is 0 Å². The summed E-state index contributed by atoms with van der Waals surface area (Å²) in [6, 6.07) is 0.545. The lowest BCUT2D eigenvalue weighted by atomic mass is 10.00. The molecule has 1 aliphatic heterocycles. The smallest absolute Gasteiger partial charge is 0.0394 e. The van der Waals surface area contributed by atoms with Crippen LogP contribution in [0.1, 0.15) is 39.0 Å². The Hall–Kier alpha value is 0.110. The van der Waals surface area contributed by atoms with Crippen LogP contribution in [0.3, 0.4) is 0 Å². The van der Waals surface area contributed by atoms with Crippen LogP contribution in [0, 0.1) is 5.92 Å². The highest BCUT2D eigenvalue weighted by atomic mass is 32.2. The summed E-state index contributed by atoms with van der Waals surface area (Å²) in [7, 11) is -0.591. The van der Waals surface area contributed by atoms with Crippen molar-refractivity contribution in [2.24, 2.45) is 5.92 Å². The summed E-state index contributed by atoms with van der Waals surface area (Å²) < 4.78 is 11.9. The second kappa shape index (κ2) is 4.75. The van der Waals surface area contributed by atoms with Crippen LogP contribution in [-0.4, -0.2) is 27.8 Å². The zero-order valence-corrected chi connectivity index (χ0v) is 9.81. The van der Waals surface area contributed by atoms with Crippen LogP contribution < -0.4 is 5.32 Å². The van der Waals surface area contributed by atoms with E-state index in [2.05, 4.69) is 12.2 Å². The molecular weight excluding hydrogens is 194 g/mol. The first kappa shape index (κ1) is 10.6. The summed E-state index contributed by atoms with van der Waals surface area (Å²) in [6.45, 7) is 3.18. The molecule has 2 fully saturated rings. The van der Waals surface area contributed by atoms with E-state index in [1.807, 2.05) is 0 Å². The second-order valence-corrected chi connectivity index (χ2v) is 6.65. The SMILES string of the molecule is CC1CCNC(C2CCCC2)CS1=O. The predicted octanol–water partition coefficient (Wildman–Crippen LogP) is 1.68. The van der Waals surface area contributed by atoms with Gasteiger partial charge in [-0.2, -0.15) is 0 Å². The number of hydrogen-bond donors (Lipinski definition) is 1. The van der Waals surface area contributed by atoms with E-state index < -0.39 is 10.8 Å². The lowest BCUT2D eigenvalue weighted by molar-refractivity contribution is 0.390. The van der Waals surface area contributed by atoms with Gasteiger partial charge in [0.2, 0.25) is 0 Å². The van der Waals surface area contributed by atoms with E-state index in [9.17, 15) is 4.21 Å². The average molecular weight is 215 g/mol. The van der Waals surface area contributed by atoms with Crippen molar-refractivity contribution < 1.29 is 4.21 Å². The second-order valence-electron chi connectivity index (χ2n) is 4.75. The van der Waals surface area contributed by atoms with E-state index in [4.69, 9.17) is 0 Å². The highest BCUT2D eigenvalue weighted by Crippen LogP contribution is 2.29. The monoisotopic (exact) mass is 215 g/mol. The van der Waals surface area contributed by atoms with Crippen LogP contribution in [0.25, 0.3) is 0 Å². The highest BCUT2D eigenvalue weighted by Gasteiger charge is 2.29. The Bertz CT molecular complexity index is 213. The molecule has 2 nitrogen and oxygen atoms in total. The Labute approximate surface area is 89.3 Å². The number of rotatable bonds is 1. The van der Waals surface area contributed by atoms with Crippen molar-refractivity contribution >= 4 is 10.8 Å². The zero-order chi connectivity index (χ0) is 9.97. The normalized spacial score (nSPS) is 41.1. The van der Waals surface area contributed by atoms with Gasteiger partial charge < -0.3 is 5.32 Å². The van der Waals surface area contributed by atoms with Crippen LogP contribution in [0.5, 0.6) is 0 Å². The van der Waals surface area contributed by atoms with Crippen LogP contribution in [-0.2, 0) is 10.8 Å². The molecule has 0 aromatic carbocycles. The lowest BCUT2D eigenvalue weighted by Crippen LogP contribution is -2.38. The van der Waals surface area contributed by atoms with Gasteiger partial charge in [0.1, 0.15) is 0 Å².